The van der Waals surface area contributed by atoms with Crippen molar-refractivity contribution in [3.05, 3.63) is 106 Å². The Morgan fingerprint density at radius 1 is 0.968 bits per heavy atom. The molecule has 4 aromatic rings. The maximum atomic E-state index is 13.4. The van der Waals surface area contributed by atoms with E-state index in [-0.39, 0.29) is 29.2 Å². The van der Waals surface area contributed by atoms with Crippen LogP contribution in [0.5, 0.6) is 0 Å². The third-order valence-corrected chi connectivity index (χ3v) is 6.64. The summed E-state index contributed by atoms with van der Waals surface area (Å²) in [5.41, 5.74) is 1.44. The molecule has 0 bridgehead atoms. The summed E-state index contributed by atoms with van der Waals surface area (Å²) in [5.74, 6) is 0. The van der Waals surface area contributed by atoms with Crippen LogP contribution in [-0.4, -0.2) is 22.7 Å². The predicted molar refractivity (Wildman–Crippen MR) is 117 cm³/mol. The van der Waals surface area contributed by atoms with Gasteiger partial charge < -0.3 is 4.98 Å². The highest BCUT2D eigenvalue weighted by atomic mass is 32.2. The summed E-state index contributed by atoms with van der Waals surface area (Å²) in [7, 11) is -3.98. The molecule has 2 heterocycles. The van der Waals surface area contributed by atoms with E-state index >= 15 is 0 Å². The van der Waals surface area contributed by atoms with E-state index in [0.717, 1.165) is 5.39 Å². The number of sulfonamides is 1. The lowest BCUT2D eigenvalue weighted by molar-refractivity contribution is 0.399. The lowest BCUT2D eigenvalue weighted by atomic mass is 10.1. The van der Waals surface area contributed by atoms with E-state index in [1.807, 2.05) is 18.2 Å². The average molecular weight is 434 g/mol. The van der Waals surface area contributed by atoms with Crippen LogP contribution < -0.4 is 5.56 Å². The first-order chi connectivity index (χ1) is 15.0. The van der Waals surface area contributed by atoms with Gasteiger partial charge in [-0.05, 0) is 58.6 Å². The molecular formula is C22H18N4O4S. The number of para-hydroxylation sites is 1. The second kappa shape index (κ2) is 8.58. The van der Waals surface area contributed by atoms with Crippen molar-refractivity contribution in [2.45, 2.75) is 18.0 Å². The van der Waals surface area contributed by atoms with Crippen LogP contribution in [0, 0.1) is 4.91 Å². The zero-order chi connectivity index (χ0) is 21.8. The Bertz CT molecular complexity index is 1380. The Kier molecular flexibility index (Phi) is 5.70. The van der Waals surface area contributed by atoms with Crippen LogP contribution in [0.2, 0.25) is 0 Å². The average Bonchev–Trinajstić information content (AvgIpc) is 2.79. The molecule has 8 nitrogen and oxygen atoms in total. The summed E-state index contributed by atoms with van der Waals surface area (Å²) in [6.45, 7) is -0.110. The normalized spacial score (nSPS) is 11.6. The van der Waals surface area contributed by atoms with Gasteiger partial charge in [0.05, 0.1) is 4.90 Å². The van der Waals surface area contributed by atoms with E-state index in [1.54, 1.807) is 36.7 Å². The topological polar surface area (TPSA) is 113 Å². The van der Waals surface area contributed by atoms with E-state index in [2.05, 4.69) is 15.1 Å². The number of nitrogens with one attached hydrogen (secondary N) is 1. The number of fused-ring (bicyclic) bond motifs is 1. The number of pyridine rings is 2. The summed E-state index contributed by atoms with van der Waals surface area (Å²) < 4.78 is 28.0. The molecule has 0 amide bonds. The molecule has 0 spiro atoms. The van der Waals surface area contributed by atoms with Crippen LogP contribution in [-0.2, 0) is 23.1 Å². The molecule has 0 unspecified atom stereocenters. The Hall–Kier alpha value is -3.69. The molecule has 4 rings (SSSR count). The minimum Gasteiger partial charge on any atom is -0.322 e. The van der Waals surface area contributed by atoms with Crippen LogP contribution in [0.15, 0.2) is 94.0 Å². The van der Waals surface area contributed by atoms with Crippen molar-refractivity contribution in [3.8, 4) is 0 Å². The van der Waals surface area contributed by atoms with Gasteiger partial charge in [0.25, 0.3) is 5.56 Å². The van der Waals surface area contributed by atoms with Gasteiger partial charge in [-0.2, -0.15) is 4.31 Å². The van der Waals surface area contributed by atoms with Gasteiger partial charge in [0, 0.05) is 36.6 Å². The molecular weight excluding hydrogens is 416 g/mol. The standard InChI is InChI=1S/C22H18N4O4S/c27-22-18(12-17-5-1-2-6-21(17)24-22)15-26(14-16-4-3-11-23-13-16)31(29,30)20-9-7-19(25-28)8-10-20/h1-13H,14-15H2,(H,24,27). The number of aromatic nitrogens is 2. The van der Waals surface area contributed by atoms with Crippen molar-refractivity contribution < 1.29 is 8.42 Å². The molecule has 0 aliphatic rings. The van der Waals surface area contributed by atoms with Crippen LogP contribution in [0.1, 0.15) is 11.1 Å². The Morgan fingerprint density at radius 3 is 2.45 bits per heavy atom. The molecule has 2 aromatic heterocycles. The van der Waals surface area contributed by atoms with Crippen LogP contribution in [0.3, 0.4) is 0 Å². The molecule has 0 saturated carbocycles. The van der Waals surface area contributed by atoms with Gasteiger partial charge in [-0.25, -0.2) is 8.42 Å². The van der Waals surface area contributed by atoms with Crippen molar-refractivity contribution >= 4 is 26.6 Å². The van der Waals surface area contributed by atoms with Gasteiger partial charge in [-0.1, -0.05) is 24.3 Å². The number of hydrogen-bond acceptors (Lipinski definition) is 6. The lowest BCUT2D eigenvalue weighted by Crippen LogP contribution is -2.32. The number of nitroso groups, excluding NO2 is 1. The minimum absolute atomic E-state index is 0.000933. The predicted octanol–water partition coefficient (Wildman–Crippen LogP) is 3.71. The van der Waals surface area contributed by atoms with Gasteiger partial charge in [0.1, 0.15) is 5.69 Å². The molecule has 0 saturated heterocycles. The molecule has 156 valence electrons. The molecule has 0 atom stereocenters. The Labute approximate surface area is 178 Å². The maximum absolute atomic E-state index is 13.4. The van der Waals surface area contributed by atoms with E-state index in [0.29, 0.717) is 16.6 Å². The number of aromatic amines is 1. The second-order valence-electron chi connectivity index (χ2n) is 6.93. The van der Waals surface area contributed by atoms with Gasteiger partial charge in [-0.15, -0.1) is 4.91 Å². The van der Waals surface area contributed by atoms with Crippen molar-refractivity contribution in [3.63, 3.8) is 0 Å². The quantitative estimate of drug-likeness (QED) is 0.446. The molecule has 0 aliphatic heterocycles. The minimum atomic E-state index is -3.98. The Morgan fingerprint density at radius 2 is 1.74 bits per heavy atom. The van der Waals surface area contributed by atoms with Gasteiger partial charge >= 0.3 is 0 Å². The van der Waals surface area contributed by atoms with Crippen molar-refractivity contribution in [1.82, 2.24) is 14.3 Å². The first kappa shape index (κ1) is 20.6. The van der Waals surface area contributed by atoms with E-state index in [9.17, 15) is 18.1 Å². The van der Waals surface area contributed by atoms with Crippen molar-refractivity contribution in [2.75, 3.05) is 0 Å². The lowest BCUT2D eigenvalue weighted by Gasteiger charge is -2.22. The van der Waals surface area contributed by atoms with Gasteiger partial charge in [0.15, 0.2) is 0 Å². The fourth-order valence-electron chi connectivity index (χ4n) is 3.25. The third-order valence-electron chi connectivity index (χ3n) is 4.84. The molecule has 0 aliphatic carbocycles. The number of nitrogens with zero attached hydrogens (tertiary/aromatic N) is 3. The highest BCUT2D eigenvalue weighted by molar-refractivity contribution is 7.89. The second-order valence-corrected chi connectivity index (χ2v) is 8.87. The number of benzene rings is 2. The van der Waals surface area contributed by atoms with Crippen molar-refractivity contribution in [2.24, 2.45) is 5.18 Å². The first-order valence-corrected chi connectivity index (χ1v) is 10.8. The van der Waals surface area contributed by atoms with Crippen LogP contribution >= 0.6 is 0 Å². The molecule has 31 heavy (non-hydrogen) atoms. The zero-order valence-corrected chi connectivity index (χ0v) is 17.1. The van der Waals surface area contributed by atoms with E-state index in [1.165, 1.54) is 28.6 Å². The third kappa shape index (κ3) is 4.42. The SMILES string of the molecule is O=Nc1ccc(S(=O)(=O)N(Cc2cccnc2)Cc2cc3ccccc3[nH]c2=O)cc1. The van der Waals surface area contributed by atoms with E-state index in [4.69, 9.17) is 0 Å². The highest BCUT2D eigenvalue weighted by Gasteiger charge is 2.26. The van der Waals surface area contributed by atoms with Gasteiger partial charge in [-0.3, -0.25) is 9.78 Å². The fourth-order valence-corrected chi connectivity index (χ4v) is 4.66. The first-order valence-electron chi connectivity index (χ1n) is 9.41. The molecule has 0 fully saturated rings. The zero-order valence-electron chi connectivity index (χ0n) is 16.3. The van der Waals surface area contributed by atoms with E-state index < -0.39 is 10.0 Å². The molecule has 9 heteroatoms. The number of rotatable bonds is 7. The summed E-state index contributed by atoms with van der Waals surface area (Å²) >= 11 is 0. The summed E-state index contributed by atoms with van der Waals surface area (Å²) in [4.78, 5) is 30.1. The highest BCUT2D eigenvalue weighted by Crippen LogP contribution is 2.23. The number of hydrogen-bond donors (Lipinski definition) is 1. The molecule has 0 radical (unpaired) electrons. The smallest absolute Gasteiger partial charge is 0.252 e. The number of H-pyrrole nitrogens is 1. The maximum Gasteiger partial charge on any atom is 0.252 e. The van der Waals surface area contributed by atoms with Gasteiger partial charge in [0.2, 0.25) is 10.0 Å². The Balaban J connectivity index is 1.76. The largest absolute Gasteiger partial charge is 0.322 e. The molecule has 2 aromatic carbocycles. The summed E-state index contributed by atoms with van der Waals surface area (Å²) in [6.07, 6.45) is 3.17. The van der Waals surface area contributed by atoms with Crippen LogP contribution in [0.4, 0.5) is 5.69 Å². The fraction of sp³-hybridized carbons (Fsp3) is 0.0909. The molecule has 1 N–H and O–H groups in total. The summed E-state index contributed by atoms with van der Waals surface area (Å²) in [6, 6.07) is 17.8. The van der Waals surface area contributed by atoms with Crippen LogP contribution in [0.25, 0.3) is 10.9 Å². The van der Waals surface area contributed by atoms with Crippen molar-refractivity contribution in [1.29, 1.82) is 0 Å². The summed E-state index contributed by atoms with van der Waals surface area (Å²) in [5, 5.41) is 3.61. The monoisotopic (exact) mass is 434 g/mol.